The molecule has 0 bridgehead atoms. The highest BCUT2D eigenvalue weighted by Crippen LogP contribution is 1.84. The Balaban J connectivity index is 3.54. The number of aliphatic hydroxyl groups excluding tert-OH is 1. The predicted octanol–water partition coefficient (Wildman–Crippen LogP) is -0.508. The number of likely N-dealkylation sites (N-methyl/N-ethyl adjacent to an activating group) is 1. The zero-order valence-electron chi connectivity index (χ0n) is 5.28. The minimum absolute atomic E-state index is 0.101. The molecule has 0 aromatic carbocycles. The van der Waals surface area contributed by atoms with Crippen LogP contribution in [0.25, 0.3) is 0 Å². The van der Waals surface area contributed by atoms with Crippen LogP contribution >= 0.6 is 0 Å². The molecule has 1 N–H and O–H groups in total. The number of rotatable bonds is 4. The number of nitro groups is 1. The van der Waals surface area contributed by atoms with Crippen LogP contribution in [0.2, 0.25) is 0 Å². The molecule has 0 rings (SSSR count). The standard InChI is InChI=1S/C4H10N2O3/c1-2-5(3-4-7)6(8)9/h7H,2-4H2,1H3. The highest BCUT2D eigenvalue weighted by molar-refractivity contribution is 4.36. The molecular weight excluding hydrogens is 124 g/mol. The van der Waals surface area contributed by atoms with Gasteiger partial charge in [-0.15, -0.1) is 5.01 Å². The van der Waals surface area contributed by atoms with E-state index in [-0.39, 0.29) is 13.2 Å². The molecule has 0 aliphatic rings. The summed E-state index contributed by atoms with van der Waals surface area (Å²) in [5.41, 5.74) is 0. The summed E-state index contributed by atoms with van der Waals surface area (Å²) < 4.78 is 0. The van der Waals surface area contributed by atoms with Crippen molar-refractivity contribution in [3.05, 3.63) is 10.1 Å². The van der Waals surface area contributed by atoms with Crippen LogP contribution in [0.1, 0.15) is 6.92 Å². The van der Waals surface area contributed by atoms with Crippen molar-refractivity contribution in [2.24, 2.45) is 0 Å². The first-order chi connectivity index (χ1) is 4.22. The van der Waals surface area contributed by atoms with Gasteiger partial charge in [-0.3, -0.25) is 0 Å². The van der Waals surface area contributed by atoms with E-state index in [0.29, 0.717) is 6.54 Å². The first kappa shape index (κ1) is 8.16. The largest absolute Gasteiger partial charge is 0.394 e. The van der Waals surface area contributed by atoms with Gasteiger partial charge in [0.25, 0.3) is 0 Å². The van der Waals surface area contributed by atoms with E-state index in [1.165, 1.54) is 0 Å². The van der Waals surface area contributed by atoms with Gasteiger partial charge in [0.1, 0.15) is 6.54 Å². The van der Waals surface area contributed by atoms with Crippen molar-refractivity contribution in [1.82, 2.24) is 5.01 Å². The van der Waals surface area contributed by atoms with Crippen LogP contribution in [0, 0.1) is 10.1 Å². The Morgan fingerprint density at radius 2 is 2.33 bits per heavy atom. The van der Waals surface area contributed by atoms with E-state index in [1.807, 2.05) is 0 Å². The maximum atomic E-state index is 9.94. The van der Waals surface area contributed by atoms with Gasteiger partial charge < -0.3 is 5.11 Å². The summed E-state index contributed by atoms with van der Waals surface area (Å²) in [7, 11) is 0. The number of aliphatic hydroxyl groups is 1. The van der Waals surface area contributed by atoms with Gasteiger partial charge in [-0.05, 0) is 6.92 Å². The molecule has 0 fully saturated rings. The second kappa shape index (κ2) is 4.08. The highest BCUT2D eigenvalue weighted by atomic mass is 16.7. The molecule has 0 aliphatic heterocycles. The Hall–Kier alpha value is -0.840. The molecule has 0 aromatic heterocycles. The molecule has 0 saturated heterocycles. The van der Waals surface area contributed by atoms with E-state index < -0.39 is 5.03 Å². The maximum Gasteiger partial charge on any atom is 0.160 e. The summed E-state index contributed by atoms with van der Waals surface area (Å²) in [5.74, 6) is 0. The van der Waals surface area contributed by atoms with E-state index >= 15 is 0 Å². The zero-order chi connectivity index (χ0) is 7.28. The normalized spacial score (nSPS) is 9.11. The minimum atomic E-state index is -0.518. The van der Waals surface area contributed by atoms with Gasteiger partial charge in [0, 0.05) is 0 Å². The molecule has 5 heteroatoms. The molecule has 0 unspecified atom stereocenters. The lowest BCUT2D eigenvalue weighted by molar-refractivity contribution is -0.655. The third kappa shape index (κ3) is 2.86. The highest BCUT2D eigenvalue weighted by Gasteiger charge is 2.07. The fourth-order valence-corrected chi connectivity index (χ4v) is 0.471. The molecule has 0 aliphatic carbocycles. The smallest absolute Gasteiger partial charge is 0.160 e. The van der Waals surface area contributed by atoms with Gasteiger partial charge in [0.05, 0.1) is 13.2 Å². The summed E-state index contributed by atoms with van der Waals surface area (Å²) >= 11 is 0. The van der Waals surface area contributed by atoms with Gasteiger partial charge in [-0.25, -0.2) is 10.1 Å². The molecule has 9 heavy (non-hydrogen) atoms. The summed E-state index contributed by atoms with van der Waals surface area (Å²) in [5, 5.41) is 18.6. The molecule has 0 radical (unpaired) electrons. The predicted molar refractivity (Wildman–Crippen MR) is 31.3 cm³/mol. The Bertz CT molecular complexity index is 95.8. The SMILES string of the molecule is CCN(CCO)[N+](=O)[O-]. The lowest BCUT2D eigenvalue weighted by Crippen LogP contribution is -2.32. The molecule has 0 atom stereocenters. The van der Waals surface area contributed by atoms with Gasteiger partial charge in [0.15, 0.2) is 5.03 Å². The molecule has 5 nitrogen and oxygen atoms in total. The molecule has 54 valence electrons. The van der Waals surface area contributed by atoms with Crippen molar-refractivity contribution < 1.29 is 10.1 Å². The van der Waals surface area contributed by atoms with Crippen molar-refractivity contribution in [3.8, 4) is 0 Å². The molecule has 0 aromatic rings. The summed E-state index contributed by atoms with van der Waals surface area (Å²) in [6, 6.07) is 0. The van der Waals surface area contributed by atoms with Gasteiger partial charge >= 0.3 is 0 Å². The lowest BCUT2D eigenvalue weighted by Gasteiger charge is -2.08. The minimum Gasteiger partial charge on any atom is -0.394 e. The lowest BCUT2D eigenvalue weighted by atomic mass is 10.6. The van der Waals surface area contributed by atoms with Crippen LogP contribution in [0.3, 0.4) is 0 Å². The van der Waals surface area contributed by atoms with E-state index in [9.17, 15) is 10.1 Å². The van der Waals surface area contributed by atoms with Crippen LogP contribution < -0.4 is 0 Å². The van der Waals surface area contributed by atoms with Crippen molar-refractivity contribution in [2.75, 3.05) is 19.7 Å². The van der Waals surface area contributed by atoms with Crippen LogP contribution in [0.5, 0.6) is 0 Å². The topological polar surface area (TPSA) is 66.6 Å². The monoisotopic (exact) mass is 134 g/mol. The average molecular weight is 134 g/mol. The van der Waals surface area contributed by atoms with E-state index in [4.69, 9.17) is 5.11 Å². The third-order valence-electron chi connectivity index (χ3n) is 0.954. The van der Waals surface area contributed by atoms with Gasteiger partial charge in [-0.1, -0.05) is 0 Å². The number of hydrogen-bond donors (Lipinski definition) is 1. The number of hydrogen-bond acceptors (Lipinski definition) is 3. The van der Waals surface area contributed by atoms with Crippen molar-refractivity contribution in [1.29, 1.82) is 0 Å². The number of nitrogens with zero attached hydrogens (tertiary/aromatic N) is 2. The summed E-state index contributed by atoms with van der Waals surface area (Å²) in [6.07, 6.45) is 0. The molecular formula is C4H10N2O3. The molecule has 0 heterocycles. The molecule has 0 spiro atoms. The van der Waals surface area contributed by atoms with Crippen molar-refractivity contribution in [2.45, 2.75) is 6.92 Å². The Labute approximate surface area is 53.0 Å². The fraction of sp³-hybridized carbons (Fsp3) is 1.00. The van der Waals surface area contributed by atoms with Crippen LogP contribution in [0.4, 0.5) is 0 Å². The first-order valence-corrected chi connectivity index (χ1v) is 2.72. The van der Waals surface area contributed by atoms with E-state index in [1.54, 1.807) is 6.92 Å². The second-order valence-electron chi connectivity index (χ2n) is 1.51. The fourth-order valence-electron chi connectivity index (χ4n) is 0.471. The number of hydrazine groups is 1. The van der Waals surface area contributed by atoms with Crippen molar-refractivity contribution >= 4 is 0 Å². The van der Waals surface area contributed by atoms with Crippen LogP contribution in [-0.4, -0.2) is 34.8 Å². The Kier molecular flexibility index (Phi) is 3.70. The van der Waals surface area contributed by atoms with Crippen molar-refractivity contribution in [3.63, 3.8) is 0 Å². The maximum absolute atomic E-state index is 9.94. The van der Waals surface area contributed by atoms with E-state index in [2.05, 4.69) is 0 Å². The summed E-state index contributed by atoms with van der Waals surface area (Å²) in [4.78, 5) is 9.94. The quantitative estimate of drug-likeness (QED) is 0.415. The summed E-state index contributed by atoms with van der Waals surface area (Å²) in [6.45, 7) is 1.92. The molecule has 0 amide bonds. The molecule has 0 saturated carbocycles. The first-order valence-electron chi connectivity index (χ1n) is 2.72. The second-order valence-corrected chi connectivity index (χ2v) is 1.51. The Morgan fingerprint density at radius 3 is 2.44 bits per heavy atom. The Morgan fingerprint density at radius 1 is 1.78 bits per heavy atom. The van der Waals surface area contributed by atoms with E-state index in [0.717, 1.165) is 5.01 Å². The van der Waals surface area contributed by atoms with Gasteiger partial charge in [-0.2, -0.15) is 0 Å². The van der Waals surface area contributed by atoms with Gasteiger partial charge in [0.2, 0.25) is 0 Å². The van der Waals surface area contributed by atoms with Crippen LogP contribution in [0.15, 0.2) is 0 Å². The average Bonchev–Trinajstić information content (AvgIpc) is 1.82. The zero-order valence-corrected chi connectivity index (χ0v) is 5.28. The third-order valence-corrected chi connectivity index (χ3v) is 0.954. The van der Waals surface area contributed by atoms with Crippen LogP contribution in [-0.2, 0) is 0 Å².